The molecule has 0 aliphatic rings. The Hall–Kier alpha value is -2.82. The van der Waals surface area contributed by atoms with Crippen molar-refractivity contribution in [1.82, 2.24) is 5.32 Å². The summed E-state index contributed by atoms with van der Waals surface area (Å²) in [6.45, 7) is 2.61. The van der Waals surface area contributed by atoms with Gasteiger partial charge in [-0.2, -0.15) is 0 Å². The van der Waals surface area contributed by atoms with Gasteiger partial charge in [0.05, 0.1) is 12.7 Å². The molecule has 0 saturated heterocycles. The van der Waals surface area contributed by atoms with Crippen LogP contribution in [0.4, 0.5) is 0 Å². The van der Waals surface area contributed by atoms with Crippen LogP contribution < -0.4 is 10.1 Å². The number of carboxylic acids is 1. The van der Waals surface area contributed by atoms with Crippen LogP contribution >= 0.6 is 0 Å². The number of carbonyl (C=O) groups is 2. The van der Waals surface area contributed by atoms with E-state index in [2.05, 4.69) is 24.4 Å². The zero-order valence-corrected chi connectivity index (χ0v) is 15.2. The molecule has 0 spiro atoms. The third-order valence-corrected chi connectivity index (χ3v) is 4.42. The molecule has 0 radical (unpaired) electrons. The summed E-state index contributed by atoms with van der Waals surface area (Å²) < 4.78 is 5.25. The first-order chi connectivity index (χ1) is 12.5. The van der Waals surface area contributed by atoms with Crippen molar-refractivity contribution in [2.45, 2.75) is 32.1 Å². The summed E-state index contributed by atoms with van der Waals surface area (Å²) in [4.78, 5) is 23.0. The van der Waals surface area contributed by atoms with Gasteiger partial charge in [-0.3, -0.25) is 4.79 Å². The van der Waals surface area contributed by atoms with Gasteiger partial charge in [-0.05, 0) is 42.0 Å². The van der Waals surface area contributed by atoms with Crippen molar-refractivity contribution in [3.63, 3.8) is 0 Å². The summed E-state index contributed by atoms with van der Waals surface area (Å²) in [6.07, 6.45) is 1.86. The van der Waals surface area contributed by atoms with Crippen molar-refractivity contribution < 1.29 is 19.4 Å². The average Bonchev–Trinajstić information content (AvgIpc) is 2.66. The van der Waals surface area contributed by atoms with E-state index in [0.717, 1.165) is 12.0 Å². The van der Waals surface area contributed by atoms with E-state index in [0.29, 0.717) is 31.1 Å². The molecule has 2 aromatic carbocycles. The van der Waals surface area contributed by atoms with Crippen molar-refractivity contribution in [1.29, 1.82) is 0 Å². The molecule has 2 aromatic rings. The van der Waals surface area contributed by atoms with Gasteiger partial charge >= 0.3 is 5.97 Å². The lowest BCUT2D eigenvalue weighted by molar-refractivity contribution is -0.121. The first-order valence-corrected chi connectivity index (χ1v) is 8.73. The second-order valence-corrected chi connectivity index (χ2v) is 6.28. The Balaban J connectivity index is 1.78. The number of amides is 1. The maximum absolute atomic E-state index is 12.0. The minimum absolute atomic E-state index is 0.0221. The Labute approximate surface area is 154 Å². The Morgan fingerprint density at radius 1 is 1.15 bits per heavy atom. The average molecular weight is 355 g/mol. The van der Waals surface area contributed by atoms with E-state index in [1.54, 1.807) is 12.1 Å². The van der Waals surface area contributed by atoms with E-state index in [9.17, 15) is 9.59 Å². The van der Waals surface area contributed by atoms with Gasteiger partial charge in [0.1, 0.15) is 5.75 Å². The van der Waals surface area contributed by atoms with Crippen LogP contribution in [0.3, 0.4) is 0 Å². The molecule has 2 N–H and O–H groups in total. The fraction of sp³-hybridized carbons (Fsp3) is 0.333. The molecule has 138 valence electrons. The molecule has 26 heavy (non-hydrogen) atoms. The lowest BCUT2D eigenvalue weighted by Crippen LogP contribution is -2.25. The monoisotopic (exact) mass is 355 g/mol. The SMILES string of the molecule is COc1cc(C(=O)O)ccc1CCNC(=O)CCC(C)c1ccccc1. The van der Waals surface area contributed by atoms with Gasteiger partial charge in [0, 0.05) is 13.0 Å². The van der Waals surface area contributed by atoms with Crippen molar-refractivity contribution >= 4 is 11.9 Å². The highest BCUT2D eigenvalue weighted by molar-refractivity contribution is 5.88. The second-order valence-electron chi connectivity index (χ2n) is 6.28. The van der Waals surface area contributed by atoms with E-state index >= 15 is 0 Å². The second kappa shape index (κ2) is 9.61. The smallest absolute Gasteiger partial charge is 0.335 e. The number of carboxylic acid groups (broad SMARTS) is 1. The largest absolute Gasteiger partial charge is 0.496 e. The molecule has 1 amide bonds. The lowest BCUT2D eigenvalue weighted by Gasteiger charge is -2.12. The number of hydrogen-bond donors (Lipinski definition) is 2. The molecule has 1 atom stereocenters. The van der Waals surface area contributed by atoms with E-state index in [-0.39, 0.29) is 11.5 Å². The Morgan fingerprint density at radius 3 is 2.54 bits per heavy atom. The molecular formula is C21H25NO4. The third kappa shape index (κ3) is 5.62. The van der Waals surface area contributed by atoms with Crippen LogP contribution in [0.2, 0.25) is 0 Å². The fourth-order valence-electron chi connectivity index (χ4n) is 2.80. The van der Waals surface area contributed by atoms with E-state index in [4.69, 9.17) is 9.84 Å². The molecular weight excluding hydrogens is 330 g/mol. The van der Waals surface area contributed by atoms with Gasteiger partial charge in [-0.1, -0.05) is 43.3 Å². The van der Waals surface area contributed by atoms with Crippen LogP contribution in [0.1, 0.15) is 47.2 Å². The number of methoxy groups -OCH3 is 1. The minimum atomic E-state index is -0.990. The predicted octanol–water partition coefficient (Wildman–Crippen LogP) is 3.64. The highest BCUT2D eigenvalue weighted by Crippen LogP contribution is 2.21. The molecule has 0 aromatic heterocycles. The maximum atomic E-state index is 12.0. The van der Waals surface area contributed by atoms with Crippen LogP contribution in [0, 0.1) is 0 Å². The zero-order chi connectivity index (χ0) is 18.9. The molecule has 0 saturated carbocycles. The zero-order valence-electron chi connectivity index (χ0n) is 15.2. The maximum Gasteiger partial charge on any atom is 0.335 e. The summed E-state index contributed by atoms with van der Waals surface area (Å²) in [6, 6.07) is 14.9. The standard InChI is InChI=1S/C21H25NO4/c1-15(16-6-4-3-5-7-16)8-11-20(23)22-13-12-17-9-10-18(21(24)25)14-19(17)26-2/h3-7,9-10,14-15H,8,11-13H2,1-2H3,(H,22,23)(H,24,25). The molecule has 0 bridgehead atoms. The van der Waals surface area contributed by atoms with Crippen molar-refractivity contribution in [3.05, 3.63) is 65.2 Å². The highest BCUT2D eigenvalue weighted by Gasteiger charge is 2.11. The van der Waals surface area contributed by atoms with E-state index in [1.165, 1.54) is 18.7 Å². The van der Waals surface area contributed by atoms with Crippen molar-refractivity contribution in [2.24, 2.45) is 0 Å². The number of carbonyl (C=O) groups excluding carboxylic acids is 1. The molecule has 0 fully saturated rings. The van der Waals surface area contributed by atoms with Gasteiger partial charge in [0.15, 0.2) is 0 Å². The quantitative estimate of drug-likeness (QED) is 0.720. The van der Waals surface area contributed by atoms with Crippen LogP contribution in [-0.4, -0.2) is 30.6 Å². The summed E-state index contributed by atoms with van der Waals surface area (Å²) in [5.74, 6) is -0.105. The van der Waals surface area contributed by atoms with Crippen LogP contribution in [0.15, 0.2) is 48.5 Å². The molecule has 5 nitrogen and oxygen atoms in total. The Kier molecular flexibility index (Phi) is 7.21. The third-order valence-electron chi connectivity index (χ3n) is 4.42. The number of benzene rings is 2. The summed E-state index contributed by atoms with van der Waals surface area (Å²) >= 11 is 0. The summed E-state index contributed by atoms with van der Waals surface area (Å²) in [5, 5.41) is 11.9. The summed E-state index contributed by atoms with van der Waals surface area (Å²) in [5.41, 5.74) is 2.29. The Morgan fingerprint density at radius 2 is 1.88 bits per heavy atom. The van der Waals surface area contributed by atoms with Crippen LogP contribution in [-0.2, 0) is 11.2 Å². The molecule has 0 heterocycles. The molecule has 1 unspecified atom stereocenters. The van der Waals surface area contributed by atoms with Gasteiger partial charge in [-0.15, -0.1) is 0 Å². The van der Waals surface area contributed by atoms with E-state index in [1.807, 2.05) is 18.2 Å². The van der Waals surface area contributed by atoms with Gasteiger partial charge in [0.2, 0.25) is 5.91 Å². The minimum Gasteiger partial charge on any atom is -0.496 e. The molecule has 2 rings (SSSR count). The number of rotatable bonds is 9. The number of nitrogens with one attached hydrogen (secondary N) is 1. The molecule has 0 aliphatic carbocycles. The van der Waals surface area contributed by atoms with Gasteiger partial charge in [0.25, 0.3) is 0 Å². The Bertz CT molecular complexity index is 743. The first-order valence-electron chi connectivity index (χ1n) is 8.73. The normalized spacial score (nSPS) is 11.6. The fourth-order valence-corrected chi connectivity index (χ4v) is 2.80. The first kappa shape index (κ1) is 19.5. The van der Waals surface area contributed by atoms with Crippen molar-refractivity contribution in [3.8, 4) is 5.75 Å². The van der Waals surface area contributed by atoms with Gasteiger partial charge < -0.3 is 15.2 Å². The van der Waals surface area contributed by atoms with Crippen molar-refractivity contribution in [2.75, 3.05) is 13.7 Å². The van der Waals surface area contributed by atoms with Gasteiger partial charge in [-0.25, -0.2) is 4.79 Å². The molecule has 5 heteroatoms. The lowest BCUT2D eigenvalue weighted by atomic mass is 9.96. The number of ether oxygens (including phenoxy) is 1. The van der Waals surface area contributed by atoms with Crippen LogP contribution in [0.25, 0.3) is 0 Å². The topological polar surface area (TPSA) is 75.6 Å². The number of hydrogen-bond acceptors (Lipinski definition) is 3. The predicted molar refractivity (Wildman–Crippen MR) is 101 cm³/mol. The summed E-state index contributed by atoms with van der Waals surface area (Å²) in [7, 11) is 1.51. The van der Waals surface area contributed by atoms with E-state index < -0.39 is 5.97 Å². The van der Waals surface area contributed by atoms with Crippen LogP contribution in [0.5, 0.6) is 5.75 Å². The molecule has 0 aliphatic heterocycles. The highest BCUT2D eigenvalue weighted by atomic mass is 16.5. The number of aromatic carboxylic acids is 1.